The smallest absolute Gasteiger partial charge is 0.409 e. The molecule has 1 aromatic heterocycles. The van der Waals surface area contributed by atoms with Gasteiger partial charge in [-0.1, -0.05) is 0 Å². The lowest BCUT2D eigenvalue weighted by Gasteiger charge is -2.32. The normalized spacial score (nSPS) is 15.8. The highest BCUT2D eigenvalue weighted by atomic mass is 19.1. The maximum absolute atomic E-state index is 12.3. The first-order chi connectivity index (χ1) is 12.7. The van der Waals surface area contributed by atoms with Gasteiger partial charge < -0.3 is 24.7 Å². The molecule has 0 aliphatic carbocycles. The number of aliphatic imine (C=N–C) groups is 1. The standard InChI is InChI=1S/C18H29FN4O3/c1-2-25-18(24)23-12-7-15(8-13-23)22-17(20-10-4-9-19)21-11-6-16-5-3-14-26-16/h3,5,14-15H,2,4,6-13H2,1H3,(H2,20,21,22). The summed E-state index contributed by atoms with van der Waals surface area (Å²) in [5, 5.41) is 6.66. The van der Waals surface area contributed by atoms with Gasteiger partial charge in [0.2, 0.25) is 0 Å². The summed E-state index contributed by atoms with van der Waals surface area (Å²) in [6.45, 7) is 4.25. The highest BCUT2D eigenvalue weighted by Gasteiger charge is 2.24. The van der Waals surface area contributed by atoms with Crippen LogP contribution >= 0.6 is 0 Å². The van der Waals surface area contributed by atoms with Crippen molar-refractivity contribution < 1.29 is 18.3 Å². The number of rotatable bonds is 8. The first-order valence-electron chi connectivity index (χ1n) is 9.27. The molecule has 1 fully saturated rings. The SMILES string of the molecule is CCOC(=O)N1CCC(NC(=NCCCF)NCCc2ccco2)CC1. The van der Waals surface area contributed by atoms with Crippen molar-refractivity contribution in [2.24, 2.45) is 4.99 Å². The van der Waals surface area contributed by atoms with Crippen LogP contribution in [0.4, 0.5) is 9.18 Å². The van der Waals surface area contributed by atoms with E-state index in [0.29, 0.717) is 45.2 Å². The van der Waals surface area contributed by atoms with E-state index < -0.39 is 0 Å². The summed E-state index contributed by atoms with van der Waals surface area (Å²) in [4.78, 5) is 17.9. The number of likely N-dealkylation sites (tertiary alicyclic amines) is 1. The number of alkyl halides is 1. The summed E-state index contributed by atoms with van der Waals surface area (Å²) in [5.41, 5.74) is 0. The Labute approximate surface area is 154 Å². The highest BCUT2D eigenvalue weighted by molar-refractivity contribution is 5.80. The van der Waals surface area contributed by atoms with Crippen LogP contribution in [-0.4, -0.2) is 62.5 Å². The monoisotopic (exact) mass is 368 g/mol. The number of halogens is 1. The van der Waals surface area contributed by atoms with E-state index in [1.54, 1.807) is 18.1 Å². The zero-order valence-electron chi connectivity index (χ0n) is 15.4. The van der Waals surface area contributed by atoms with Gasteiger partial charge in [-0.15, -0.1) is 0 Å². The molecule has 1 saturated heterocycles. The number of amides is 1. The van der Waals surface area contributed by atoms with Crippen LogP contribution < -0.4 is 10.6 Å². The molecule has 0 spiro atoms. The summed E-state index contributed by atoms with van der Waals surface area (Å²) in [6.07, 6.45) is 4.20. The Bertz CT molecular complexity index is 543. The molecule has 1 amide bonds. The van der Waals surface area contributed by atoms with E-state index in [-0.39, 0.29) is 18.8 Å². The van der Waals surface area contributed by atoms with Gasteiger partial charge in [-0.05, 0) is 38.3 Å². The third-order valence-corrected chi connectivity index (χ3v) is 4.17. The van der Waals surface area contributed by atoms with Crippen molar-refractivity contribution in [2.75, 3.05) is 39.5 Å². The molecule has 2 N–H and O–H groups in total. The molecule has 26 heavy (non-hydrogen) atoms. The van der Waals surface area contributed by atoms with E-state index in [0.717, 1.165) is 25.0 Å². The summed E-state index contributed by atoms with van der Waals surface area (Å²) in [6, 6.07) is 4.02. The molecule has 0 aromatic carbocycles. The van der Waals surface area contributed by atoms with Crippen LogP contribution in [0.25, 0.3) is 0 Å². The van der Waals surface area contributed by atoms with Gasteiger partial charge in [-0.2, -0.15) is 0 Å². The molecular weight excluding hydrogens is 339 g/mol. The van der Waals surface area contributed by atoms with E-state index in [4.69, 9.17) is 9.15 Å². The average Bonchev–Trinajstić information content (AvgIpc) is 3.16. The first-order valence-corrected chi connectivity index (χ1v) is 9.27. The Morgan fingerprint density at radius 1 is 1.46 bits per heavy atom. The predicted molar refractivity (Wildman–Crippen MR) is 98.1 cm³/mol. The van der Waals surface area contributed by atoms with Crippen LogP contribution in [0.5, 0.6) is 0 Å². The molecule has 2 rings (SSSR count). The van der Waals surface area contributed by atoms with Crippen LogP contribution in [0.2, 0.25) is 0 Å². The molecule has 0 unspecified atom stereocenters. The minimum absolute atomic E-state index is 0.223. The van der Waals surface area contributed by atoms with Crippen molar-refractivity contribution in [3.63, 3.8) is 0 Å². The topological polar surface area (TPSA) is 79.1 Å². The van der Waals surface area contributed by atoms with Crippen molar-refractivity contribution in [2.45, 2.75) is 38.6 Å². The summed E-state index contributed by atoms with van der Waals surface area (Å²) in [7, 11) is 0. The number of carbonyl (C=O) groups is 1. The molecule has 146 valence electrons. The van der Waals surface area contributed by atoms with E-state index in [9.17, 15) is 9.18 Å². The molecule has 0 atom stereocenters. The van der Waals surface area contributed by atoms with E-state index in [2.05, 4.69) is 15.6 Å². The summed E-state index contributed by atoms with van der Waals surface area (Å²) in [5.74, 6) is 1.59. The third-order valence-electron chi connectivity index (χ3n) is 4.17. The van der Waals surface area contributed by atoms with Crippen molar-refractivity contribution in [3.8, 4) is 0 Å². The number of hydrogen-bond donors (Lipinski definition) is 2. The van der Waals surface area contributed by atoms with Crippen LogP contribution in [0, 0.1) is 0 Å². The number of piperidine rings is 1. The van der Waals surface area contributed by atoms with Crippen LogP contribution in [0.3, 0.4) is 0 Å². The number of carbonyl (C=O) groups excluding carboxylic acids is 1. The van der Waals surface area contributed by atoms with Gasteiger partial charge in [0.15, 0.2) is 5.96 Å². The lowest BCUT2D eigenvalue weighted by atomic mass is 10.1. The molecule has 7 nitrogen and oxygen atoms in total. The van der Waals surface area contributed by atoms with Gasteiger partial charge in [0, 0.05) is 38.6 Å². The maximum Gasteiger partial charge on any atom is 0.409 e. The number of hydrogen-bond acceptors (Lipinski definition) is 4. The number of ether oxygens (including phenoxy) is 1. The van der Waals surface area contributed by atoms with Crippen molar-refractivity contribution in [3.05, 3.63) is 24.2 Å². The quantitative estimate of drug-likeness (QED) is 0.418. The minimum atomic E-state index is -0.374. The lowest BCUT2D eigenvalue weighted by molar-refractivity contribution is 0.0963. The summed E-state index contributed by atoms with van der Waals surface area (Å²) < 4.78 is 22.7. The molecule has 0 saturated carbocycles. The van der Waals surface area contributed by atoms with Crippen molar-refractivity contribution >= 4 is 12.1 Å². The summed E-state index contributed by atoms with van der Waals surface area (Å²) >= 11 is 0. The minimum Gasteiger partial charge on any atom is -0.469 e. The molecular formula is C18H29FN4O3. The van der Waals surface area contributed by atoms with Crippen molar-refractivity contribution in [1.82, 2.24) is 15.5 Å². The van der Waals surface area contributed by atoms with E-state index >= 15 is 0 Å². The Morgan fingerprint density at radius 2 is 2.27 bits per heavy atom. The second-order valence-electron chi connectivity index (χ2n) is 6.13. The van der Waals surface area contributed by atoms with E-state index in [1.807, 2.05) is 12.1 Å². The first kappa shape index (κ1) is 20.1. The number of guanidine groups is 1. The molecule has 1 aromatic rings. The molecule has 1 aliphatic heterocycles. The molecule has 8 heteroatoms. The number of nitrogens with zero attached hydrogens (tertiary/aromatic N) is 2. The fourth-order valence-electron chi connectivity index (χ4n) is 2.78. The Hall–Kier alpha value is -2.25. The van der Waals surface area contributed by atoms with Gasteiger partial charge in [0.1, 0.15) is 5.76 Å². The van der Waals surface area contributed by atoms with Crippen LogP contribution in [-0.2, 0) is 11.2 Å². The number of nitrogens with one attached hydrogen (secondary N) is 2. The number of furan rings is 1. The molecule has 0 radical (unpaired) electrons. The Balaban J connectivity index is 1.78. The zero-order valence-corrected chi connectivity index (χ0v) is 15.4. The van der Waals surface area contributed by atoms with Gasteiger partial charge >= 0.3 is 6.09 Å². The second-order valence-corrected chi connectivity index (χ2v) is 6.13. The highest BCUT2D eigenvalue weighted by Crippen LogP contribution is 2.11. The third kappa shape index (κ3) is 6.93. The Kier molecular flexibility index (Phi) is 8.78. The molecule has 1 aliphatic rings. The lowest BCUT2D eigenvalue weighted by Crippen LogP contribution is -2.50. The van der Waals surface area contributed by atoms with Crippen molar-refractivity contribution in [1.29, 1.82) is 0 Å². The van der Waals surface area contributed by atoms with E-state index in [1.165, 1.54) is 0 Å². The van der Waals surface area contributed by atoms with Crippen LogP contribution in [0.15, 0.2) is 27.8 Å². The van der Waals surface area contributed by atoms with Gasteiger partial charge in [0.05, 0.1) is 19.5 Å². The van der Waals surface area contributed by atoms with Gasteiger partial charge in [-0.25, -0.2) is 4.79 Å². The Morgan fingerprint density at radius 3 is 2.92 bits per heavy atom. The largest absolute Gasteiger partial charge is 0.469 e. The van der Waals surface area contributed by atoms with Gasteiger partial charge in [-0.3, -0.25) is 9.38 Å². The van der Waals surface area contributed by atoms with Crippen LogP contribution in [0.1, 0.15) is 31.9 Å². The molecule has 0 bridgehead atoms. The predicted octanol–water partition coefficient (Wildman–Crippen LogP) is 2.34. The fraction of sp³-hybridized carbons (Fsp3) is 0.667. The second kappa shape index (κ2) is 11.4. The zero-order chi connectivity index (χ0) is 18.6. The molecule has 2 heterocycles. The average molecular weight is 368 g/mol. The van der Waals surface area contributed by atoms with Gasteiger partial charge in [0.25, 0.3) is 0 Å². The maximum atomic E-state index is 12.3. The fourth-order valence-corrected chi connectivity index (χ4v) is 2.78.